The number of thiophene rings is 2. The maximum absolute atomic E-state index is 2.49. The second-order valence-electron chi connectivity index (χ2n) is 28.5. The van der Waals surface area contributed by atoms with Gasteiger partial charge < -0.3 is 9.80 Å². The smallest absolute Gasteiger partial charge is 0.0540 e. The molecule has 0 aliphatic heterocycles. The number of fused-ring (bicyclic) bond motifs is 20. The Morgan fingerprint density at radius 2 is 0.583 bits per heavy atom. The van der Waals surface area contributed by atoms with Crippen molar-refractivity contribution >= 4 is 183 Å². The third kappa shape index (κ3) is 9.99. The zero-order valence-electron chi connectivity index (χ0n) is 58.7. The van der Waals surface area contributed by atoms with Gasteiger partial charge in [-0.3, -0.25) is 0 Å². The molecule has 2 heterocycles. The van der Waals surface area contributed by atoms with Crippen LogP contribution in [0, 0.1) is 0 Å². The third-order valence-electron chi connectivity index (χ3n) is 22.6. The molecule has 0 saturated carbocycles. The highest BCUT2D eigenvalue weighted by atomic mass is 32.1. The Morgan fingerprint density at radius 3 is 1.31 bits per heavy atom. The molecule has 0 radical (unpaired) electrons. The maximum Gasteiger partial charge on any atom is 0.0540 e. The number of anilines is 6. The Balaban J connectivity index is 0.633. The summed E-state index contributed by atoms with van der Waals surface area (Å²) in [7, 11) is 0. The van der Waals surface area contributed by atoms with E-state index in [0.29, 0.717) is 0 Å². The van der Waals surface area contributed by atoms with E-state index in [1.165, 1.54) is 182 Å². The molecule has 22 aromatic rings. The van der Waals surface area contributed by atoms with Crippen LogP contribution in [0.3, 0.4) is 0 Å². The van der Waals surface area contributed by atoms with E-state index in [4.69, 9.17) is 0 Å². The van der Waals surface area contributed by atoms with Gasteiger partial charge >= 0.3 is 0 Å². The summed E-state index contributed by atoms with van der Waals surface area (Å²) in [5.41, 5.74) is 18.6. The summed E-state index contributed by atoms with van der Waals surface area (Å²) in [6.45, 7) is 0. The highest BCUT2D eigenvalue weighted by Gasteiger charge is 2.25. The number of hydrogen-bond donors (Lipinski definition) is 0. The quantitative estimate of drug-likeness (QED) is 0.119. The molecular weight excluding hydrogens is 1340 g/mol. The van der Waals surface area contributed by atoms with Gasteiger partial charge in [-0.05, 0) is 187 Å². The van der Waals surface area contributed by atoms with Crippen molar-refractivity contribution in [3.05, 3.63) is 388 Å². The highest BCUT2D eigenvalue weighted by molar-refractivity contribution is 7.27. The summed E-state index contributed by atoms with van der Waals surface area (Å²) < 4.78 is 5.14. The van der Waals surface area contributed by atoms with Crippen molar-refractivity contribution < 1.29 is 0 Å². The van der Waals surface area contributed by atoms with Crippen molar-refractivity contribution in [2.75, 3.05) is 9.80 Å². The Labute approximate surface area is 632 Å². The molecule has 0 atom stereocenters. The van der Waals surface area contributed by atoms with Gasteiger partial charge in [0.15, 0.2) is 0 Å². The molecule has 0 N–H and O–H groups in total. The van der Waals surface area contributed by atoms with Gasteiger partial charge in [-0.1, -0.05) is 322 Å². The Kier molecular flexibility index (Phi) is 14.4. The molecule has 0 spiro atoms. The molecule has 0 aliphatic carbocycles. The summed E-state index contributed by atoms with van der Waals surface area (Å²) in [4.78, 5) is 4.94. The van der Waals surface area contributed by atoms with Crippen LogP contribution in [0.5, 0.6) is 0 Å². The van der Waals surface area contributed by atoms with Crippen LogP contribution in [0.2, 0.25) is 0 Å². The van der Waals surface area contributed by atoms with Gasteiger partial charge in [-0.2, -0.15) is 0 Å². The van der Waals surface area contributed by atoms with E-state index in [-0.39, 0.29) is 0 Å². The van der Waals surface area contributed by atoms with Crippen molar-refractivity contribution in [3.8, 4) is 55.6 Å². The van der Waals surface area contributed by atoms with Crippen LogP contribution in [-0.2, 0) is 0 Å². The standard InChI is InChI=1S/C104H64N2S2/c1-3-19-65(20-4-1)80-26-11-13-35-94(80)105(76-52-45-69(46-53-76)79-30-16-33-90-87(79)57-49-72-41-39-67-23-7-9-28-82(67)99(72)90)78-56-60-86-74(63-78)51-59-92-89-58-50-75(64-98(89)108-103(86)92)85-32-18-38-97-102(85)93-62-61-88-91(104(93)107-97)34-17-37-96(88)106(95-36-14-12-27-81(95)66-21-5-2-6-22-66)77-54-47-70(48-55-77)84-31-15-25-71-43-44-73-42-40-68-24-8-10-29-83(68)101(73)100(71)84/h1-64H. The molecule has 0 saturated heterocycles. The molecule has 0 aliphatic rings. The maximum atomic E-state index is 2.49. The van der Waals surface area contributed by atoms with Crippen LogP contribution in [0.25, 0.3) is 182 Å². The lowest BCUT2D eigenvalue weighted by molar-refractivity contribution is 1.29. The molecule has 0 amide bonds. The molecule has 0 bridgehead atoms. The minimum absolute atomic E-state index is 1.09. The van der Waals surface area contributed by atoms with Crippen molar-refractivity contribution in [3.63, 3.8) is 0 Å². The van der Waals surface area contributed by atoms with Crippen LogP contribution in [-0.4, -0.2) is 0 Å². The molecule has 0 fully saturated rings. The lowest BCUT2D eigenvalue weighted by atomic mass is 9.91. The molecule has 2 aromatic heterocycles. The lowest BCUT2D eigenvalue weighted by Crippen LogP contribution is -2.11. The average molecular weight is 1410 g/mol. The van der Waals surface area contributed by atoms with E-state index in [1.807, 2.05) is 22.7 Å². The van der Waals surface area contributed by atoms with Crippen molar-refractivity contribution in [2.24, 2.45) is 0 Å². The van der Waals surface area contributed by atoms with Crippen LogP contribution in [0.4, 0.5) is 34.1 Å². The normalized spacial score (nSPS) is 11.9. The van der Waals surface area contributed by atoms with Gasteiger partial charge in [0.25, 0.3) is 0 Å². The van der Waals surface area contributed by atoms with E-state index < -0.39 is 0 Å². The van der Waals surface area contributed by atoms with Crippen LogP contribution >= 0.6 is 22.7 Å². The molecule has 0 unspecified atom stereocenters. The largest absolute Gasteiger partial charge is 0.310 e. The molecular formula is C104H64N2S2. The van der Waals surface area contributed by atoms with Gasteiger partial charge in [0.05, 0.1) is 17.1 Å². The summed E-state index contributed by atoms with van der Waals surface area (Å²) in [6, 6.07) is 145. The summed E-state index contributed by atoms with van der Waals surface area (Å²) >= 11 is 3.81. The predicted molar refractivity (Wildman–Crippen MR) is 469 cm³/mol. The van der Waals surface area contributed by atoms with Crippen LogP contribution < -0.4 is 9.80 Å². The second kappa shape index (κ2) is 25.1. The molecule has 20 aromatic carbocycles. The molecule has 2 nitrogen and oxygen atoms in total. The molecule has 4 heteroatoms. The highest BCUT2D eigenvalue weighted by Crippen LogP contribution is 2.52. The summed E-state index contributed by atoms with van der Waals surface area (Å²) in [5, 5.41) is 25.2. The minimum Gasteiger partial charge on any atom is -0.310 e. The Bertz CT molecular complexity index is 7410. The number of para-hydroxylation sites is 2. The van der Waals surface area contributed by atoms with Crippen molar-refractivity contribution in [1.82, 2.24) is 0 Å². The van der Waals surface area contributed by atoms with E-state index in [1.54, 1.807) is 0 Å². The first-order chi connectivity index (χ1) is 53.6. The first kappa shape index (κ1) is 61.9. The van der Waals surface area contributed by atoms with E-state index in [9.17, 15) is 0 Å². The fourth-order valence-electron chi connectivity index (χ4n) is 17.6. The van der Waals surface area contributed by atoms with Gasteiger partial charge in [0.2, 0.25) is 0 Å². The van der Waals surface area contributed by atoms with Crippen LogP contribution in [0.15, 0.2) is 388 Å². The Hall–Kier alpha value is -13.5. The summed E-state index contributed by atoms with van der Waals surface area (Å²) in [6.07, 6.45) is 0. The van der Waals surface area contributed by atoms with Crippen molar-refractivity contribution in [2.45, 2.75) is 0 Å². The fraction of sp³-hybridized carbons (Fsp3) is 0. The third-order valence-corrected chi connectivity index (χ3v) is 25.0. The Morgan fingerprint density at radius 1 is 0.167 bits per heavy atom. The van der Waals surface area contributed by atoms with Crippen LogP contribution in [0.1, 0.15) is 0 Å². The monoisotopic (exact) mass is 1400 g/mol. The zero-order valence-corrected chi connectivity index (χ0v) is 60.3. The zero-order chi connectivity index (χ0) is 70.9. The van der Waals surface area contributed by atoms with Gasteiger partial charge in [0.1, 0.15) is 0 Å². The second-order valence-corrected chi connectivity index (χ2v) is 30.6. The van der Waals surface area contributed by atoms with Gasteiger partial charge in [-0.15, -0.1) is 22.7 Å². The SMILES string of the molecule is c1ccc(-c2ccccc2N(c2ccc(-c3cccc4c3ccc3ccc5ccccc5c34)cc2)c2ccc3c(ccc4c5ccc(-c6cccc7sc8c9cccc(N(c%10ccc(-c%11cccc%12ccc%13ccc%14ccccc%14c%13c%11%12)cc%10)c%10ccccc%10-c%10ccccc%10)c9ccc8c67)cc5sc34)c2)cc1. The lowest BCUT2D eigenvalue weighted by Gasteiger charge is -2.29. The van der Waals surface area contributed by atoms with E-state index in [2.05, 4.69) is 398 Å². The average Bonchev–Trinajstić information content (AvgIpc) is 1.42. The summed E-state index contributed by atoms with van der Waals surface area (Å²) in [5.74, 6) is 0. The molecule has 502 valence electrons. The number of nitrogens with zero attached hydrogens (tertiary/aromatic N) is 2. The molecule has 22 rings (SSSR count). The van der Waals surface area contributed by atoms with Crippen molar-refractivity contribution in [1.29, 1.82) is 0 Å². The minimum atomic E-state index is 1.09. The first-order valence-electron chi connectivity index (χ1n) is 37.1. The topological polar surface area (TPSA) is 6.48 Å². The van der Waals surface area contributed by atoms with E-state index >= 15 is 0 Å². The predicted octanol–water partition coefficient (Wildman–Crippen LogP) is 30.9. The number of benzene rings is 20. The number of hydrogen-bond acceptors (Lipinski definition) is 4. The van der Waals surface area contributed by atoms with Gasteiger partial charge in [-0.25, -0.2) is 0 Å². The van der Waals surface area contributed by atoms with E-state index in [0.717, 1.165) is 34.1 Å². The van der Waals surface area contributed by atoms with Gasteiger partial charge in [0, 0.05) is 79.3 Å². The number of rotatable bonds is 11. The molecule has 108 heavy (non-hydrogen) atoms. The fourth-order valence-corrected chi connectivity index (χ4v) is 20.2. The first-order valence-corrected chi connectivity index (χ1v) is 38.7.